The van der Waals surface area contributed by atoms with E-state index in [4.69, 9.17) is 14.9 Å². The van der Waals surface area contributed by atoms with Gasteiger partial charge in [0.25, 0.3) is 6.01 Å². The summed E-state index contributed by atoms with van der Waals surface area (Å²) in [5, 5.41) is 2.26. The van der Waals surface area contributed by atoms with Gasteiger partial charge >= 0.3 is 0 Å². The molecule has 0 fully saturated rings. The zero-order chi connectivity index (χ0) is 14.1. The van der Waals surface area contributed by atoms with Crippen molar-refractivity contribution in [1.29, 1.82) is 0 Å². The van der Waals surface area contributed by atoms with E-state index < -0.39 is 0 Å². The zero-order valence-electron chi connectivity index (χ0n) is 11.5. The molecule has 0 spiro atoms. The van der Waals surface area contributed by atoms with Gasteiger partial charge in [0.1, 0.15) is 17.2 Å². The molecule has 2 aromatic carbocycles. The summed E-state index contributed by atoms with van der Waals surface area (Å²) in [6.45, 7) is 2.02. The van der Waals surface area contributed by atoms with E-state index in [2.05, 4.69) is 17.1 Å². The Labute approximate surface area is 117 Å². The van der Waals surface area contributed by atoms with E-state index in [-0.39, 0.29) is 6.01 Å². The van der Waals surface area contributed by atoms with Crippen molar-refractivity contribution in [2.24, 2.45) is 0 Å². The maximum absolute atomic E-state index is 5.65. The number of nitrogens with two attached hydrogens (primary N) is 1. The SMILES string of the molecule is CCc1oc(N)nc1-c1ccc2cc(OC)ccc2c1. The van der Waals surface area contributed by atoms with E-state index in [1.807, 2.05) is 31.2 Å². The lowest BCUT2D eigenvalue weighted by molar-refractivity contribution is 0.415. The van der Waals surface area contributed by atoms with Crippen molar-refractivity contribution in [3.8, 4) is 17.0 Å². The van der Waals surface area contributed by atoms with Gasteiger partial charge in [-0.25, -0.2) is 0 Å². The number of hydrogen-bond donors (Lipinski definition) is 1. The summed E-state index contributed by atoms with van der Waals surface area (Å²) < 4.78 is 10.6. The van der Waals surface area contributed by atoms with E-state index in [0.29, 0.717) is 0 Å². The molecule has 102 valence electrons. The molecule has 0 radical (unpaired) electrons. The van der Waals surface area contributed by atoms with Crippen molar-refractivity contribution in [1.82, 2.24) is 4.98 Å². The lowest BCUT2D eigenvalue weighted by Gasteiger charge is -2.05. The van der Waals surface area contributed by atoms with Crippen molar-refractivity contribution in [2.45, 2.75) is 13.3 Å². The van der Waals surface area contributed by atoms with Crippen LogP contribution in [0.2, 0.25) is 0 Å². The van der Waals surface area contributed by atoms with Gasteiger partial charge in [0.15, 0.2) is 0 Å². The Morgan fingerprint density at radius 1 is 1.15 bits per heavy atom. The van der Waals surface area contributed by atoms with Gasteiger partial charge < -0.3 is 14.9 Å². The van der Waals surface area contributed by atoms with Crippen LogP contribution < -0.4 is 10.5 Å². The monoisotopic (exact) mass is 268 g/mol. The summed E-state index contributed by atoms with van der Waals surface area (Å²) >= 11 is 0. The highest BCUT2D eigenvalue weighted by atomic mass is 16.5. The molecule has 1 heterocycles. The fraction of sp³-hybridized carbons (Fsp3) is 0.188. The van der Waals surface area contributed by atoms with E-state index >= 15 is 0 Å². The van der Waals surface area contributed by atoms with Crippen LogP contribution in [0.15, 0.2) is 40.8 Å². The van der Waals surface area contributed by atoms with Gasteiger partial charge in [-0.05, 0) is 29.0 Å². The number of oxazole rings is 1. The molecule has 0 aliphatic heterocycles. The standard InChI is InChI=1S/C16H16N2O2/c1-3-14-15(18-16(17)20-14)12-5-4-11-9-13(19-2)7-6-10(11)8-12/h4-9H,3H2,1-2H3,(H2,17,18). The van der Waals surface area contributed by atoms with E-state index in [1.165, 1.54) is 0 Å². The van der Waals surface area contributed by atoms with Gasteiger partial charge in [-0.1, -0.05) is 25.1 Å². The average Bonchev–Trinajstić information content (AvgIpc) is 2.87. The third kappa shape index (κ3) is 2.09. The van der Waals surface area contributed by atoms with E-state index in [0.717, 1.165) is 40.0 Å². The van der Waals surface area contributed by atoms with E-state index in [9.17, 15) is 0 Å². The van der Waals surface area contributed by atoms with Crippen LogP contribution in [0.4, 0.5) is 6.01 Å². The van der Waals surface area contributed by atoms with Crippen molar-refractivity contribution < 1.29 is 9.15 Å². The number of ether oxygens (including phenoxy) is 1. The molecule has 3 aromatic rings. The molecule has 0 saturated carbocycles. The molecule has 20 heavy (non-hydrogen) atoms. The molecule has 1 aromatic heterocycles. The molecule has 0 atom stereocenters. The molecule has 0 aliphatic rings. The number of fused-ring (bicyclic) bond motifs is 1. The summed E-state index contributed by atoms with van der Waals surface area (Å²) in [7, 11) is 1.67. The second kappa shape index (κ2) is 4.89. The van der Waals surface area contributed by atoms with E-state index in [1.54, 1.807) is 7.11 Å². The predicted octanol–water partition coefficient (Wildman–Crippen LogP) is 3.65. The fourth-order valence-electron chi connectivity index (χ4n) is 2.33. The van der Waals surface area contributed by atoms with Gasteiger partial charge in [-0.15, -0.1) is 0 Å². The summed E-state index contributed by atoms with van der Waals surface area (Å²) in [4.78, 5) is 4.28. The summed E-state index contributed by atoms with van der Waals surface area (Å²) in [6.07, 6.45) is 0.764. The number of hydrogen-bond acceptors (Lipinski definition) is 4. The molecule has 4 nitrogen and oxygen atoms in total. The number of nitrogen functional groups attached to an aromatic ring is 1. The fourth-order valence-corrected chi connectivity index (χ4v) is 2.33. The second-order valence-electron chi connectivity index (χ2n) is 4.61. The van der Waals surface area contributed by atoms with Crippen LogP contribution in [0.3, 0.4) is 0 Å². The Hall–Kier alpha value is -2.49. The Morgan fingerprint density at radius 2 is 1.90 bits per heavy atom. The van der Waals surface area contributed by atoms with Crippen LogP contribution in [-0.2, 0) is 6.42 Å². The van der Waals surface area contributed by atoms with Gasteiger partial charge in [0.05, 0.1) is 7.11 Å². The van der Waals surface area contributed by atoms with Crippen LogP contribution in [0.1, 0.15) is 12.7 Å². The molecule has 0 bridgehead atoms. The maximum Gasteiger partial charge on any atom is 0.292 e. The van der Waals surface area contributed by atoms with Gasteiger partial charge in [-0.3, -0.25) is 0 Å². The highest BCUT2D eigenvalue weighted by molar-refractivity contribution is 5.88. The van der Waals surface area contributed by atoms with Crippen molar-refractivity contribution in [2.75, 3.05) is 12.8 Å². The zero-order valence-corrected chi connectivity index (χ0v) is 11.5. The molecule has 2 N–H and O–H groups in total. The molecule has 0 aliphatic carbocycles. The number of rotatable bonds is 3. The largest absolute Gasteiger partial charge is 0.497 e. The minimum absolute atomic E-state index is 0.215. The highest BCUT2D eigenvalue weighted by Gasteiger charge is 2.12. The predicted molar refractivity (Wildman–Crippen MR) is 79.8 cm³/mol. The average molecular weight is 268 g/mol. The molecule has 0 unspecified atom stereocenters. The highest BCUT2D eigenvalue weighted by Crippen LogP contribution is 2.29. The van der Waals surface area contributed by atoms with Crippen LogP contribution in [0.5, 0.6) is 5.75 Å². The smallest absolute Gasteiger partial charge is 0.292 e. The first-order valence-corrected chi connectivity index (χ1v) is 6.54. The molecular formula is C16H16N2O2. The number of aromatic nitrogens is 1. The van der Waals surface area contributed by atoms with Crippen LogP contribution in [0.25, 0.3) is 22.0 Å². The lowest BCUT2D eigenvalue weighted by atomic mass is 10.0. The Bertz CT molecular complexity index is 762. The van der Waals surface area contributed by atoms with Crippen molar-refractivity contribution in [3.05, 3.63) is 42.2 Å². The summed E-state index contributed by atoms with van der Waals surface area (Å²) in [5.41, 5.74) is 7.48. The third-order valence-corrected chi connectivity index (χ3v) is 3.36. The first-order chi connectivity index (χ1) is 9.71. The maximum atomic E-state index is 5.65. The van der Waals surface area contributed by atoms with Crippen LogP contribution in [0, 0.1) is 0 Å². The van der Waals surface area contributed by atoms with Crippen LogP contribution in [-0.4, -0.2) is 12.1 Å². The topological polar surface area (TPSA) is 61.3 Å². The molecular weight excluding hydrogens is 252 g/mol. The minimum Gasteiger partial charge on any atom is -0.497 e. The number of benzene rings is 2. The summed E-state index contributed by atoms with van der Waals surface area (Å²) in [6, 6.07) is 12.4. The Balaban J connectivity index is 2.12. The normalized spacial score (nSPS) is 10.9. The second-order valence-corrected chi connectivity index (χ2v) is 4.61. The number of anilines is 1. The number of nitrogens with zero attached hydrogens (tertiary/aromatic N) is 1. The molecule has 4 heteroatoms. The van der Waals surface area contributed by atoms with Crippen molar-refractivity contribution >= 4 is 16.8 Å². The van der Waals surface area contributed by atoms with Crippen molar-refractivity contribution in [3.63, 3.8) is 0 Å². The van der Waals surface area contributed by atoms with Gasteiger partial charge in [0.2, 0.25) is 0 Å². The Morgan fingerprint density at radius 3 is 2.65 bits per heavy atom. The lowest BCUT2D eigenvalue weighted by Crippen LogP contribution is -1.87. The minimum atomic E-state index is 0.215. The first kappa shape index (κ1) is 12.5. The quantitative estimate of drug-likeness (QED) is 0.787. The Kier molecular flexibility index (Phi) is 3.06. The number of methoxy groups -OCH3 is 1. The van der Waals surface area contributed by atoms with Gasteiger partial charge in [-0.2, -0.15) is 4.98 Å². The van der Waals surface area contributed by atoms with Crippen LogP contribution >= 0.6 is 0 Å². The molecule has 3 rings (SSSR count). The molecule has 0 amide bonds. The summed E-state index contributed by atoms with van der Waals surface area (Å²) in [5.74, 6) is 1.67. The molecule has 0 saturated heterocycles. The first-order valence-electron chi connectivity index (χ1n) is 6.54. The van der Waals surface area contributed by atoms with Gasteiger partial charge in [0, 0.05) is 12.0 Å². The number of aryl methyl sites for hydroxylation is 1. The third-order valence-electron chi connectivity index (χ3n) is 3.36.